The number of fused-ring (bicyclic) bond motifs is 3. The standard InChI is InChI=1S/C28H26F5N5O2.C6H13N/c1-2-18-20-23(36-26(37-25(20)34)39-14-27-10-4-12-38(27)13-5-11-27)21(30)22(35-18)16-7-3-6-15-8-9-17(29)24(19(15)16)40-28(31,32)33;1-2-4-6-7-5-3-1/h3,6-9H,2,4-5,10-14H2,1H3,(H2,34,36,37);7H,1-6H2. The molecule has 4 aromatic rings. The molecule has 8 nitrogen and oxygen atoms in total. The van der Waals surface area contributed by atoms with Crippen molar-refractivity contribution in [2.45, 2.75) is 76.6 Å². The number of hydrogen-bond donors (Lipinski definition) is 2. The maximum Gasteiger partial charge on any atom is 0.573 e. The molecule has 47 heavy (non-hydrogen) atoms. The summed E-state index contributed by atoms with van der Waals surface area (Å²) in [6.07, 6.45) is 4.88. The number of ether oxygens (including phenoxy) is 2. The number of rotatable bonds is 6. The van der Waals surface area contributed by atoms with E-state index in [1.807, 2.05) is 0 Å². The predicted octanol–water partition coefficient (Wildman–Crippen LogP) is 7.32. The minimum Gasteiger partial charge on any atom is -0.461 e. The molecule has 3 N–H and O–H groups in total. The summed E-state index contributed by atoms with van der Waals surface area (Å²) in [7, 11) is 0. The smallest absolute Gasteiger partial charge is 0.461 e. The number of nitrogen functional groups attached to an aromatic ring is 1. The van der Waals surface area contributed by atoms with Crippen LogP contribution in [0.15, 0.2) is 30.3 Å². The number of pyridine rings is 1. The Morgan fingerprint density at radius 3 is 2.32 bits per heavy atom. The molecule has 5 heterocycles. The molecule has 2 aromatic heterocycles. The Labute approximate surface area is 269 Å². The Kier molecular flexibility index (Phi) is 9.65. The highest BCUT2D eigenvalue weighted by Gasteiger charge is 2.45. The molecule has 3 aliphatic heterocycles. The highest BCUT2D eigenvalue weighted by molar-refractivity contribution is 6.02. The van der Waals surface area contributed by atoms with E-state index in [0.29, 0.717) is 18.7 Å². The number of nitrogens with two attached hydrogens (primary N) is 1. The average molecular weight is 659 g/mol. The summed E-state index contributed by atoms with van der Waals surface area (Å²) in [4.78, 5) is 15.4. The van der Waals surface area contributed by atoms with E-state index in [4.69, 9.17) is 10.5 Å². The van der Waals surface area contributed by atoms with Gasteiger partial charge in [-0.15, -0.1) is 13.2 Å². The zero-order valence-corrected chi connectivity index (χ0v) is 26.4. The molecule has 13 heteroatoms. The molecule has 2 aromatic carbocycles. The largest absolute Gasteiger partial charge is 0.573 e. The number of hydrogen-bond acceptors (Lipinski definition) is 8. The van der Waals surface area contributed by atoms with Crippen molar-refractivity contribution in [1.82, 2.24) is 25.2 Å². The molecule has 252 valence electrons. The van der Waals surface area contributed by atoms with Gasteiger partial charge in [0.05, 0.1) is 16.6 Å². The molecule has 0 unspecified atom stereocenters. The van der Waals surface area contributed by atoms with E-state index < -0.39 is 23.7 Å². The zero-order valence-electron chi connectivity index (χ0n) is 26.4. The summed E-state index contributed by atoms with van der Waals surface area (Å²) < 4.78 is 80.6. The third-order valence-corrected chi connectivity index (χ3v) is 9.36. The second-order valence-electron chi connectivity index (χ2n) is 12.4. The molecule has 0 saturated carbocycles. The van der Waals surface area contributed by atoms with Crippen LogP contribution < -0.4 is 20.5 Å². The van der Waals surface area contributed by atoms with Crippen LogP contribution in [0.3, 0.4) is 0 Å². The van der Waals surface area contributed by atoms with Gasteiger partial charge < -0.3 is 20.5 Å². The van der Waals surface area contributed by atoms with E-state index >= 15 is 4.39 Å². The van der Waals surface area contributed by atoms with Crippen molar-refractivity contribution in [3.05, 3.63) is 47.7 Å². The van der Waals surface area contributed by atoms with Gasteiger partial charge in [0.1, 0.15) is 23.6 Å². The van der Waals surface area contributed by atoms with Crippen LogP contribution in [-0.2, 0) is 6.42 Å². The predicted molar refractivity (Wildman–Crippen MR) is 170 cm³/mol. The summed E-state index contributed by atoms with van der Waals surface area (Å²) >= 11 is 0. The van der Waals surface area contributed by atoms with Crippen LogP contribution in [0.25, 0.3) is 32.9 Å². The molecule has 0 atom stereocenters. The average Bonchev–Trinajstić information content (AvgIpc) is 3.48. The van der Waals surface area contributed by atoms with Gasteiger partial charge in [-0.05, 0) is 82.6 Å². The highest BCUT2D eigenvalue weighted by atomic mass is 19.4. The van der Waals surface area contributed by atoms with Gasteiger partial charge in [0.25, 0.3) is 0 Å². The first-order chi connectivity index (χ1) is 22.6. The maximum absolute atomic E-state index is 16.3. The molecular formula is C34H39F5N6O2. The molecule has 0 aliphatic carbocycles. The Morgan fingerprint density at radius 2 is 1.64 bits per heavy atom. The van der Waals surface area contributed by atoms with Crippen LogP contribution in [0.2, 0.25) is 0 Å². The summed E-state index contributed by atoms with van der Waals surface area (Å²) in [6, 6.07) is 6.40. The number of halogens is 5. The first kappa shape index (κ1) is 33.1. The van der Waals surface area contributed by atoms with E-state index in [1.165, 1.54) is 63.0 Å². The van der Waals surface area contributed by atoms with Gasteiger partial charge >= 0.3 is 12.4 Å². The number of anilines is 1. The molecule has 0 bridgehead atoms. The lowest BCUT2D eigenvalue weighted by atomic mass is 9.95. The number of aryl methyl sites for hydroxylation is 1. The lowest BCUT2D eigenvalue weighted by molar-refractivity contribution is -0.275. The van der Waals surface area contributed by atoms with E-state index in [2.05, 4.69) is 29.9 Å². The van der Waals surface area contributed by atoms with Gasteiger partial charge in [0, 0.05) is 10.9 Å². The third-order valence-electron chi connectivity index (χ3n) is 9.36. The van der Waals surface area contributed by atoms with Gasteiger partial charge in [-0.2, -0.15) is 9.97 Å². The van der Waals surface area contributed by atoms with Gasteiger partial charge in [0.2, 0.25) is 0 Å². The molecular weight excluding hydrogens is 619 g/mol. The lowest BCUT2D eigenvalue weighted by Gasteiger charge is -2.31. The Morgan fingerprint density at radius 1 is 0.915 bits per heavy atom. The quantitative estimate of drug-likeness (QED) is 0.208. The van der Waals surface area contributed by atoms with Crippen molar-refractivity contribution in [2.24, 2.45) is 0 Å². The van der Waals surface area contributed by atoms with Crippen molar-refractivity contribution in [2.75, 3.05) is 38.5 Å². The fraction of sp³-hybridized carbons (Fsp3) is 0.500. The van der Waals surface area contributed by atoms with Crippen LogP contribution in [0.5, 0.6) is 11.8 Å². The lowest BCUT2D eigenvalue weighted by Crippen LogP contribution is -2.43. The number of benzene rings is 2. The molecule has 3 fully saturated rings. The van der Waals surface area contributed by atoms with E-state index in [0.717, 1.165) is 44.8 Å². The van der Waals surface area contributed by atoms with Gasteiger partial charge in [-0.3, -0.25) is 4.90 Å². The SMILES string of the molecule is C1CCCNCC1.CCc1nc(-c2cccc3ccc(F)c(OC(F)(F)F)c23)c(F)c2nc(OCC34CCCN3CCC4)nc(N)c12. The van der Waals surface area contributed by atoms with E-state index in [1.54, 1.807) is 6.92 Å². The van der Waals surface area contributed by atoms with Crippen LogP contribution in [0, 0.1) is 11.6 Å². The Bertz CT molecular complexity index is 1720. The molecule has 7 rings (SSSR count). The summed E-state index contributed by atoms with van der Waals surface area (Å²) in [6.45, 7) is 6.60. The van der Waals surface area contributed by atoms with Crippen LogP contribution in [0.1, 0.15) is 64.0 Å². The van der Waals surface area contributed by atoms with Gasteiger partial charge in [-0.1, -0.05) is 44.0 Å². The number of nitrogens with zero attached hydrogens (tertiary/aromatic N) is 4. The first-order valence-corrected chi connectivity index (χ1v) is 16.3. The molecule has 3 aliphatic rings. The Hall–Kier alpha value is -3.84. The zero-order chi connectivity index (χ0) is 33.2. The molecule has 3 saturated heterocycles. The van der Waals surface area contributed by atoms with Crippen molar-refractivity contribution in [3.8, 4) is 23.0 Å². The van der Waals surface area contributed by atoms with Crippen LogP contribution in [0.4, 0.5) is 27.8 Å². The number of aromatic nitrogens is 3. The maximum atomic E-state index is 16.3. The number of alkyl halides is 3. The summed E-state index contributed by atoms with van der Waals surface area (Å²) in [5, 5.41) is 3.48. The van der Waals surface area contributed by atoms with Crippen LogP contribution in [-0.4, -0.2) is 64.5 Å². The highest BCUT2D eigenvalue weighted by Crippen LogP contribution is 2.42. The fourth-order valence-electron chi connectivity index (χ4n) is 7.12. The summed E-state index contributed by atoms with van der Waals surface area (Å²) in [5.74, 6) is -3.28. The topological polar surface area (TPSA) is 98.4 Å². The van der Waals surface area contributed by atoms with Crippen molar-refractivity contribution < 1.29 is 31.4 Å². The van der Waals surface area contributed by atoms with Crippen molar-refractivity contribution >= 4 is 27.5 Å². The first-order valence-electron chi connectivity index (χ1n) is 16.3. The van der Waals surface area contributed by atoms with E-state index in [-0.39, 0.29) is 50.3 Å². The second-order valence-corrected chi connectivity index (χ2v) is 12.4. The molecule has 0 radical (unpaired) electrons. The number of nitrogens with one attached hydrogen (secondary N) is 1. The van der Waals surface area contributed by atoms with Crippen LogP contribution >= 0.6 is 0 Å². The van der Waals surface area contributed by atoms with Gasteiger partial charge in [0.15, 0.2) is 17.4 Å². The second kappa shape index (κ2) is 13.7. The molecule has 0 spiro atoms. The van der Waals surface area contributed by atoms with Gasteiger partial charge in [-0.25, -0.2) is 13.8 Å². The van der Waals surface area contributed by atoms with Crippen molar-refractivity contribution in [3.63, 3.8) is 0 Å². The fourth-order valence-corrected chi connectivity index (χ4v) is 7.12. The Balaban J connectivity index is 0.000000491. The monoisotopic (exact) mass is 658 g/mol. The molecule has 0 amide bonds. The third kappa shape index (κ3) is 6.92. The normalized spacial score (nSPS) is 18.1. The minimum absolute atomic E-state index is 0.0212. The van der Waals surface area contributed by atoms with Crippen molar-refractivity contribution in [1.29, 1.82) is 0 Å². The minimum atomic E-state index is -5.17. The van der Waals surface area contributed by atoms with E-state index in [9.17, 15) is 17.6 Å². The summed E-state index contributed by atoms with van der Waals surface area (Å²) in [5.41, 5.74) is 5.89.